The summed E-state index contributed by atoms with van der Waals surface area (Å²) in [5, 5.41) is 9.00. The lowest BCUT2D eigenvalue weighted by molar-refractivity contribution is -0.144. The smallest absolute Gasteiger partial charge is 0.228 e. The zero-order valence-corrected chi connectivity index (χ0v) is 13.5. The van der Waals surface area contributed by atoms with Gasteiger partial charge in [-0.15, -0.1) is 0 Å². The van der Waals surface area contributed by atoms with Crippen molar-refractivity contribution in [1.29, 1.82) is 5.26 Å². The fourth-order valence-corrected chi connectivity index (χ4v) is 2.48. The molecule has 1 aromatic rings. The maximum absolute atomic E-state index is 12.8. The summed E-state index contributed by atoms with van der Waals surface area (Å²) in [4.78, 5) is 14.6. The zero-order chi connectivity index (χ0) is 16.3. The molecular weight excluding hydrogens is 280 g/mol. The first-order valence-corrected chi connectivity index (χ1v) is 7.32. The van der Waals surface area contributed by atoms with Crippen molar-refractivity contribution >= 4 is 5.91 Å². The number of carbonyl (C=O) groups is 1. The monoisotopic (exact) mass is 302 g/mol. The highest BCUT2D eigenvalue weighted by Crippen LogP contribution is 2.29. The van der Waals surface area contributed by atoms with Crippen LogP contribution in [-0.2, 0) is 16.1 Å². The number of carbonyl (C=O) groups excluding carboxylic acids is 1. The molecule has 0 aromatic heterocycles. The molecule has 1 amide bonds. The minimum Gasteiger partial charge on any atom is -0.491 e. The van der Waals surface area contributed by atoms with Crippen molar-refractivity contribution in [1.82, 2.24) is 4.90 Å². The Kier molecular flexibility index (Phi) is 4.72. The Balaban J connectivity index is 2.36. The normalized spacial score (nSPS) is 18.0. The first-order chi connectivity index (χ1) is 10.4. The highest BCUT2D eigenvalue weighted by Gasteiger charge is 2.34. The largest absolute Gasteiger partial charge is 0.491 e. The predicted octanol–water partition coefficient (Wildman–Crippen LogP) is 2.34. The molecule has 118 valence electrons. The molecule has 1 aliphatic heterocycles. The Morgan fingerprint density at radius 3 is 2.82 bits per heavy atom. The van der Waals surface area contributed by atoms with Gasteiger partial charge < -0.3 is 14.4 Å². The molecular formula is C17H22N2O3. The van der Waals surface area contributed by atoms with E-state index >= 15 is 0 Å². The van der Waals surface area contributed by atoms with E-state index in [2.05, 4.69) is 6.07 Å². The molecule has 1 aromatic carbocycles. The first-order valence-electron chi connectivity index (χ1n) is 7.32. The number of benzene rings is 1. The van der Waals surface area contributed by atoms with E-state index in [1.165, 1.54) is 0 Å². The third kappa shape index (κ3) is 3.40. The average molecular weight is 302 g/mol. The van der Waals surface area contributed by atoms with Gasteiger partial charge in [0.05, 0.1) is 24.3 Å². The summed E-state index contributed by atoms with van der Waals surface area (Å²) in [7, 11) is 1.62. The van der Waals surface area contributed by atoms with E-state index in [-0.39, 0.29) is 11.9 Å². The molecule has 1 aliphatic rings. The third-order valence-corrected chi connectivity index (χ3v) is 3.67. The second-order valence-corrected chi connectivity index (χ2v) is 6.54. The van der Waals surface area contributed by atoms with Crippen molar-refractivity contribution < 1.29 is 14.3 Å². The Morgan fingerprint density at radius 1 is 1.50 bits per heavy atom. The standard InChI is InChI=1S/C17H22N2O3/c1-17(2,3)16(20)19-9-13-6-5-12(8-18)7-15(13)22-11-14(19)10-21-4/h5-7,14H,9-11H2,1-4H3/t14-/m0/s1. The number of nitrogens with zero attached hydrogens (tertiary/aromatic N) is 2. The highest BCUT2D eigenvalue weighted by atomic mass is 16.5. The number of amides is 1. The number of rotatable bonds is 2. The molecule has 1 atom stereocenters. The molecule has 5 heteroatoms. The van der Waals surface area contributed by atoms with Gasteiger partial charge in [-0.05, 0) is 12.1 Å². The molecule has 0 N–H and O–H groups in total. The molecule has 0 aliphatic carbocycles. The maximum Gasteiger partial charge on any atom is 0.228 e. The van der Waals surface area contributed by atoms with Gasteiger partial charge in [-0.2, -0.15) is 5.26 Å². The number of nitriles is 1. The summed E-state index contributed by atoms with van der Waals surface area (Å²) >= 11 is 0. The van der Waals surface area contributed by atoms with E-state index < -0.39 is 5.41 Å². The summed E-state index contributed by atoms with van der Waals surface area (Å²) in [6.07, 6.45) is 0. The lowest BCUT2D eigenvalue weighted by Gasteiger charge is -2.33. The molecule has 0 saturated heterocycles. The Morgan fingerprint density at radius 2 is 2.23 bits per heavy atom. The minimum atomic E-state index is -0.469. The predicted molar refractivity (Wildman–Crippen MR) is 82.3 cm³/mol. The van der Waals surface area contributed by atoms with Crippen molar-refractivity contribution in [3.63, 3.8) is 0 Å². The molecule has 0 unspecified atom stereocenters. The molecule has 0 saturated carbocycles. The molecule has 0 bridgehead atoms. The molecule has 5 nitrogen and oxygen atoms in total. The van der Waals surface area contributed by atoms with Crippen molar-refractivity contribution in [2.24, 2.45) is 5.41 Å². The van der Waals surface area contributed by atoms with E-state index in [4.69, 9.17) is 14.7 Å². The molecule has 22 heavy (non-hydrogen) atoms. The molecule has 2 rings (SSSR count). The molecule has 0 fully saturated rings. The molecule has 1 heterocycles. The van der Waals surface area contributed by atoms with Crippen LogP contribution in [0.2, 0.25) is 0 Å². The van der Waals surface area contributed by atoms with Crippen molar-refractivity contribution in [3.8, 4) is 11.8 Å². The number of hydrogen-bond acceptors (Lipinski definition) is 4. The first kappa shape index (κ1) is 16.3. The summed E-state index contributed by atoms with van der Waals surface area (Å²) in [6.45, 7) is 6.96. The number of hydrogen-bond donors (Lipinski definition) is 0. The van der Waals surface area contributed by atoms with E-state index in [0.29, 0.717) is 31.1 Å². The van der Waals surface area contributed by atoms with E-state index in [9.17, 15) is 4.79 Å². The van der Waals surface area contributed by atoms with Crippen LogP contribution in [0.3, 0.4) is 0 Å². The van der Waals surface area contributed by atoms with Crippen LogP contribution < -0.4 is 4.74 Å². The van der Waals surface area contributed by atoms with Gasteiger partial charge in [0, 0.05) is 24.6 Å². The van der Waals surface area contributed by atoms with Gasteiger partial charge in [-0.25, -0.2) is 0 Å². The van der Waals surface area contributed by atoms with Gasteiger partial charge in [-0.1, -0.05) is 26.8 Å². The van der Waals surface area contributed by atoms with Crippen LogP contribution in [0.25, 0.3) is 0 Å². The number of ether oxygens (including phenoxy) is 2. The second kappa shape index (κ2) is 6.37. The highest BCUT2D eigenvalue weighted by molar-refractivity contribution is 5.82. The van der Waals surface area contributed by atoms with E-state index in [1.807, 2.05) is 31.7 Å². The van der Waals surface area contributed by atoms with Crippen LogP contribution >= 0.6 is 0 Å². The molecule has 0 spiro atoms. The number of fused-ring (bicyclic) bond motifs is 1. The lowest BCUT2D eigenvalue weighted by Crippen LogP contribution is -2.48. The van der Waals surface area contributed by atoms with Crippen molar-refractivity contribution in [2.75, 3.05) is 20.3 Å². The Hall–Kier alpha value is -2.06. The van der Waals surface area contributed by atoms with Gasteiger partial charge in [0.15, 0.2) is 0 Å². The SMILES string of the molecule is COC[C@H]1COc2cc(C#N)ccc2CN1C(=O)C(C)(C)C. The van der Waals surface area contributed by atoms with Gasteiger partial charge >= 0.3 is 0 Å². The molecule has 0 radical (unpaired) electrons. The minimum absolute atomic E-state index is 0.0651. The van der Waals surface area contributed by atoms with Crippen LogP contribution in [0.4, 0.5) is 0 Å². The van der Waals surface area contributed by atoms with Gasteiger partial charge in [0.1, 0.15) is 12.4 Å². The summed E-state index contributed by atoms with van der Waals surface area (Å²) in [6, 6.07) is 7.29. The van der Waals surface area contributed by atoms with Crippen LogP contribution in [0.5, 0.6) is 5.75 Å². The van der Waals surface area contributed by atoms with Gasteiger partial charge in [0.2, 0.25) is 5.91 Å². The number of methoxy groups -OCH3 is 1. The fourth-order valence-electron chi connectivity index (χ4n) is 2.48. The van der Waals surface area contributed by atoms with Crippen LogP contribution in [0.1, 0.15) is 31.9 Å². The van der Waals surface area contributed by atoms with Crippen molar-refractivity contribution in [3.05, 3.63) is 29.3 Å². The third-order valence-electron chi connectivity index (χ3n) is 3.67. The van der Waals surface area contributed by atoms with Gasteiger partial charge in [-0.3, -0.25) is 4.79 Å². The van der Waals surface area contributed by atoms with Crippen LogP contribution in [-0.4, -0.2) is 37.2 Å². The van der Waals surface area contributed by atoms with Crippen LogP contribution in [0.15, 0.2) is 18.2 Å². The Bertz CT molecular complexity index is 599. The fraction of sp³-hybridized carbons (Fsp3) is 0.529. The van der Waals surface area contributed by atoms with E-state index in [0.717, 1.165) is 5.56 Å². The topological polar surface area (TPSA) is 62.6 Å². The summed E-state index contributed by atoms with van der Waals surface area (Å²) in [5.74, 6) is 0.736. The van der Waals surface area contributed by atoms with Gasteiger partial charge in [0.25, 0.3) is 0 Å². The quantitative estimate of drug-likeness (QED) is 0.841. The zero-order valence-electron chi connectivity index (χ0n) is 13.5. The summed E-state index contributed by atoms with van der Waals surface area (Å²) in [5.41, 5.74) is 0.996. The summed E-state index contributed by atoms with van der Waals surface area (Å²) < 4.78 is 11.1. The lowest BCUT2D eigenvalue weighted by atomic mass is 9.93. The Labute approximate surface area is 131 Å². The van der Waals surface area contributed by atoms with Crippen LogP contribution in [0, 0.1) is 16.7 Å². The second-order valence-electron chi connectivity index (χ2n) is 6.54. The maximum atomic E-state index is 12.8. The van der Waals surface area contributed by atoms with Crippen molar-refractivity contribution in [2.45, 2.75) is 33.4 Å². The van der Waals surface area contributed by atoms with E-state index in [1.54, 1.807) is 19.2 Å². The average Bonchev–Trinajstić information content (AvgIpc) is 2.65.